The van der Waals surface area contributed by atoms with Gasteiger partial charge in [0.15, 0.2) is 0 Å². The van der Waals surface area contributed by atoms with Crippen LogP contribution in [-0.2, 0) is 17.8 Å². The number of alkyl halides is 2. The lowest BCUT2D eigenvalue weighted by molar-refractivity contribution is -0.149. The Morgan fingerprint density at radius 3 is 2.62 bits per heavy atom. The highest BCUT2D eigenvalue weighted by molar-refractivity contribution is 5.48. The maximum Gasteiger partial charge on any atom is 0.302 e. The van der Waals surface area contributed by atoms with Crippen LogP contribution in [0.2, 0.25) is 0 Å². The second kappa shape index (κ2) is 7.97. The van der Waals surface area contributed by atoms with Gasteiger partial charge in [0.05, 0.1) is 12.1 Å². The summed E-state index contributed by atoms with van der Waals surface area (Å²) >= 11 is 0. The molecule has 2 aliphatic heterocycles. The van der Waals surface area contributed by atoms with E-state index in [0.29, 0.717) is 25.9 Å². The third-order valence-corrected chi connectivity index (χ3v) is 8.98. The van der Waals surface area contributed by atoms with Crippen molar-refractivity contribution in [1.82, 2.24) is 14.8 Å². The molecule has 3 heterocycles. The van der Waals surface area contributed by atoms with Gasteiger partial charge in [-0.1, -0.05) is 12.1 Å². The van der Waals surface area contributed by atoms with Crippen molar-refractivity contribution in [2.24, 2.45) is 5.92 Å². The van der Waals surface area contributed by atoms with Gasteiger partial charge in [0.1, 0.15) is 11.4 Å². The maximum absolute atomic E-state index is 15.1. The van der Waals surface area contributed by atoms with Gasteiger partial charge >= 0.3 is 5.92 Å². The van der Waals surface area contributed by atoms with Crippen LogP contribution in [-0.4, -0.2) is 69.4 Å². The van der Waals surface area contributed by atoms with Crippen molar-refractivity contribution < 1.29 is 19.0 Å². The van der Waals surface area contributed by atoms with Crippen molar-refractivity contribution >= 4 is 0 Å². The molecule has 34 heavy (non-hydrogen) atoms. The predicted octanol–water partition coefficient (Wildman–Crippen LogP) is 3.68. The fourth-order valence-corrected chi connectivity index (χ4v) is 7.01. The highest BCUT2D eigenvalue weighted by atomic mass is 19.3. The molecule has 1 aromatic carbocycles. The van der Waals surface area contributed by atoms with Crippen molar-refractivity contribution in [2.75, 3.05) is 32.7 Å². The van der Waals surface area contributed by atoms with Crippen LogP contribution in [0.15, 0.2) is 42.6 Å². The number of hydrogen-bond donors (Lipinski definition) is 2. The van der Waals surface area contributed by atoms with Gasteiger partial charge in [0.25, 0.3) is 0 Å². The first-order valence-corrected chi connectivity index (χ1v) is 12.6. The number of aromatic nitrogens is 1. The fraction of sp³-hybridized carbons (Fsp3) is 0.593. The topological polar surface area (TPSA) is 59.8 Å². The molecule has 1 saturated carbocycles. The Balaban J connectivity index is 1.34. The summed E-state index contributed by atoms with van der Waals surface area (Å²) in [4.78, 5) is 8.18. The average Bonchev–Trinajstić information content (AvgIpc) is 3.65. The minimum Gasteiger partial charge on any atom is -0.508 e. The molecule has 3 fully saturated rings. The van der Waals surface area contributed by atoms with Gasteiger partial charge in [0, 0.05) is 30.7 Å². The number of hydrogen-bond acceptors (Lipinski definition) is 5. The first kappa shape index (κ1) is 22.4. The van der Waals surface area contributed by atoms with Gasteiger partial charge in [-0.15, -0.1) is 0 Å². The number of fused-ring (bicyclic) bond motifs is 1. The molecule has 2 saturated heterocycles. The molecule has 2 aliphatic carbocycles. The summed E-state index contributed by atoms with van der Waals surface area (Å²) in [6, 6.07) is 10.2. The second-order valence-corrected chi connectivity index (χ2v) is 11.0. The molecule has 2 N–H and O–H groups in total. The molecule has 4 aliphatic rings. The lowest BCUT2D eigenvalue weighted by Gasteiger charge is -2.61. The minimum atomic E-state index is -3.06. The molecule has 7 heteroatoms. The van der Waals surface area contributed by atoms with Gasteiger partial charge < -0.3 is 10.2 Å². The molecule has 6 rings (SSSR count). The largest absolute Gasteiger partial charge is 0.508 e. The van der Waals surface area contributed by atoms with E-state index in [9.17, 15) is 10.2 Å². The van der Waals surface area contributed by atoms with Crippen LogP contribution < -0.4 is 0 Å². The summed E-state index contributed by atoms with van der Waals surface area (Å²) in [6.07, 6.45) is 6.50. The van der Waals surface area contributed by atoms with Gasteiger partial charge in [-0.05, 0) is 92.9 Å². The van der Waals surface area contributed by atoms with Gasteiger partial charge in [-0.3, -0.25) is 14.8 Å². The fourth-order valence-electron chi connectivity index (χ4n) is 7.01. The number of piperidine rings is 1. The van der Waals surface area contributed by atoms with Crippen molar-refractivity contribution in [3.05, 3.63) is 59.4 Å². The number of phenolic OH excluding ortho intramolecular Hbond substituents is 1. The third-order valence-electron chi connectivity index (χ3n) is 8.98. The number of aromatic hydroxyl groups is 1. The van der Waals surface area contributed by atoms with E-state index in [1.807, 2.05) is 17.0 Å². The summed E-state index contributed by atoms with van der Waals surface area (Å²) in [5.74, 6) is -2.13. The quantitative estimate of drug-likeness (QED) is 0.700. The SMILES string of the molecule is Oc1ccc2c(c1)C13CCN(CC(F)(F)c4ccccn4)CCC1(O)C(C2)N(CC1CC1)CC3. The van der Waals surface area contributed by atoms with E-state index >= 15 is 8.78 Å². The van der Waals surface area contributed by atoms with Gasteiger partial charge in [-0.25, -0.2) is 0 Å². The Kier molecular flexibility index (Phi) is 5.24. The Hall–Kier alpha value is -2.09. The highest BCUT2D eigenvalue weighted by Crippen LogP contribution is 2.57. The molecule has 3 unspecified atom stereocenters. The summed E-state index contributed by atoms with van der Waals surface area (Å²) in [6.45, 7) is 2.41. The molecule has 182 valence electrons. The van der Waals surface area contributed by atoms with Crippen LogP contribution in [0.5, 0.6) is 5.75 Å². The highest BCUT2D eigenvalue weighted by Gasteiger charge is 2.63. The van der Waals surface area contributed by atoms with Gasteiger partial charge in [-0.2, -0.15) is 8.78 Å². The maximum atomic E-state index is 15.1. The van der Waals surface area contributed by atoms with E-state index in [4.69, 9.17) is 0 Å². The van der Waals surface area contributed by atoms with Crippen LogP contribution in [0, 0.1) is 5.92 Å². The predicted molar refractivity (Wildman–Crippen MR) is 125 cm³/mol. The summed E-state index contributed by atoms with van der Waals surface area (Å²) in [7, 11) is 0. The normalized spacial score (nSPS) is 32.0. The van der Waals surface area contributed by atoms with E-state index in [-0.39, 0.29) is 17.5 Å². The van der Waals surface area contributed by atoms with Crippen LogP contribution in [0.25, 0.3) is 0 Å². The van der Waals surface area contributed by atoms with Crippen LogP contribution in [0.1, 0.15) is 48.9 Å². The first-order valence-electron chi connectivity index (χ1n) is 12.6. The third kappa shape index (κ3) is 3.55. The average molecular weight is 470 g/mol. The Labute approximate surface area is 199 Å². The smallest absolute Gasteiger partial charge is 0.302 e. The molecule has 1 aromatic heterocycles. The standard InChI is InChI=1S/C27H33F2N3O2/c28-27(29,23-3-1-2-11-30-23)18-31-12-8-25-9-14-32(17-19-4-5-19)24(26(25,34)10-13-31)15-20-6-7-21(33)16-22(20)25/h1-3,6-7,11,16,19,24,33-34H,4-5,8-10,12-15,17-18H2. The second-order valence-electron chi connectivity index (χ2n) is 11.0. The van der Waals surface area contributed by atoms with Gasteiger partial charge in [0.2, 0.25) is 0 Å². The Morgan fingerprint density at radius 1 is 1.06 bits per heavy atom. The number of pyridine rings is 1. The number of likely N-dealkylation sites (tertiary alicyclic amines) is 2. The van der Waals surface area contributed by atoms with E-state index < -0.39 is 23.5 Å². The number of rotatable bonds is 5. The molecule has 0 spiro atoms. The van der Waals surface area contributed by atoms with Crippen LogP contribution >= 0.6 is 0 Å². The number of benzene rings is 1. The lowest BCUT2D eigenvalue weighted by Crippen LogP contribution is -2.71. The van der Waals surface area contributed by atoms with E-state index in [1.165, 1.54) is 30.7 Å². The van der Waals surface area contributed by atoms with E-state index in [2.05, 4.69) is 9.88 Å². The van der Waals surface area contributed by atoms with Crippen LogP contribution in [0.3, 0.4) is 0 Å². The summed E-state index contributed by atoms with van der Waals surface area (Å²) < 4.78 is 30.2. The Morgan fingerprint density at radius 2 is 1.85 bits per heavy atom. The zero-order chi connectivity index (χ0) is 23.6. The number of aliphatic hydroxyl groups is 1. The monoisotopic (exact) mass is 469 g/mol. The van der Waals surface area contributed by atoms with E-state index in [0.717, 1.165) is 37.4 Å². The van der Waals surface area contributed by atoms with E-state index in [1.54, 1.807) is 18.2 Å². The molecule has 0 amide bonds. The number of halogens is 2. The molecule has 3 atom stereocenters. The first-order chi connectivity index (χ1) is 16.3. The number of nitrogens with zero attached hydrogens (tertiary/aromatic N) is 3. The zero-order valence-electron chi connectivity index (χ0n) is 19.5. The molecule has 2 bridgehead atoms. The summed E-state index contributed by atoms with van der Waals surface area (Å²) in [5, 5.41) is 22.8. The minimum absolute atomic E-state index is 0.0184. The van der Waals surface area contributed by atoms with Crippen molar-refractivity contribution in [3.63, 3.8) is 0 Å². The zero-order valence-corrected chi connectivity index (χ0v) is 19.5. The Bertz CT molecular complexity index is 1060. The molecular weight excluding hydrogens is 436 g/mol. The number of phenols is 1. The lowest BCUT2D eigenvalue weighted by atomic mass is 9.52. The molecule has 5 nitrogen and oxygen atoms in total. The molecular formula is C27H33F2N3O2. The summed E-state index contributed by atoms with van der Waals surface area (Å²) in [5.41, 5.74) is 0.462. The molecule has 0 radical (unpaired) electrons. The molecule has 2 aromatic rings. The van der Waals surface area contributed by atoms with Crippen LogP contribution in [0.4, 0.5) is 8.78 Å². The van der Waals surface area contributed by atoms with Crippen molar-refractivity contribution in [3.8, 4) is 5.75 Å². The van der Waals surface area contributed by atoms with Crippen molar-refractivity contribution in [1.29, 1.82) is 0 Å². The van der Waals surface area contributed by atoms with Crippen molar-refractivity contribution in [2.45, 2.75) is 61.5 Å².